The molecule has 1 heterocycles. The topological polar surface area (TPSA) is 84.9 Å². The number of carbonyl (C=O) groups excluding carboxylic acids is 1. The molecule has 3 aromatic rings. The van der Waals surface area contributed by atoms with Crippen molar-refractivity contribution in [2.75, 3.05) is 19.8 Å². The third kappa shape index (κ3) is 6.05. The van der Waals surface area contributed by atoms with Crippen LogP contribution in [0.2, 0.25) is 0 Å². The summed E-state index contributed by atoms with van der Waals surface area (Å²) in [5.41, 5.74) is 0.619. The van der Waals surface area contributed by atoms with E-state index in [0.717, 1.165) is 10.1 Å². The lowest BCUT2D eigenvalue weighted by molar-refractivity contribution is -0.136. The first kappa shape index (κ1) is 23.1. The second kappa shape index (κ2) is 11.2. The highest BCUT2D eigenvalue weighted by Crippen LogP contribution is 2.38. The average Bonchev–Trinajstić information content (AvgIpc) is 3.20. The van der Waals surface area contributed by atoms with E-state index in [0.29, 0.717) is 34.4 Å². The summed E-state index contributed by atoms with van der Waals surface area (Å²) in [6, 6.07) is 14.9. The van der Waals surface area contributed by atoms with Crippen molar-refractivity contribution in [2.45, 2.75) is 38.5 Å². The van der Waals surface area contributed by atoms with Crippen molar-refractivity contribution in [1.82, 2.24) is 5.32 Å². The van der Waals surface area contributed by atoms with Gasteiger partial charge in [0, 0.05) is 22.2 Å². The number of hydrogen-bond acceptors (Lipinski definition) is 5. The highest BCUT2D eigenvalue weighted by atomic mass is 32.1. The van der Waals surface area contributed by atoms with E-state index in [1.54, 1.807) is 18.2 Å². The molecule has 4 rings (SSSR count). The third-order valence-corrected chi connectivity index (χ3v) is 7.08. The number of amides is 1. The Labute approximate surface area is 197 Å². The Balaban J connectivity index is 1.41. The molecule has 1 saturated carbocycles. The Hall–Kier alpha value is -3.06. The normalized spacial score (nSPS) is 14.2. The van der Waals surface area contributed by atoms with Gasteiger partial charge in [-0.3, -0.25) is 9.59 Å². The maximum Gasteiger partial charge on any atom is 0.307 e. The zero-order valence-corrected chi connectivity index (χ0v) is 19.4. The number of benzene rings is 2. The fourth-order valence-corrected chi connectivity index (χ4v) is 5.34. The Morgan fingerprint density at radius 1 is 0.970 bits per heavy atom. The van der Waals surface area contributed by atoms with E-state index in [1.165, 1.54) is 43.4 Å². The molecule has 0 atom stereocenters. The van der Waals surface area contributed by atoms with Crippen LogP contribution in [0.4, 0.5) is 0 Å². The number of thiophene rings is 1. The minimum Gasteiger partial charge on any atom is -0.490 e. The fourth-order valence-electron chi connectivity index (χ4n) is 4.27. The zero-order valence-electron chi connectivity index (χ0n) is 18.5. The Kier molecular flexibility index (Phi) is 7.83. The minimum absolute atomic E-state index is 0.0931. The van der Waals surface area contributed by atoms with Crippen LogP contribution in [0.5, 0.6) is 11.5 Å². The van der Waals surface area contributed by atoms with Crippen molar-refractivity contribution in [3.8, 4) is 11.5 Å². The van der Waals surface area contributed by atoms with Gasteiger partial charge in [-0.25, -0.2) is 0 Å². The second-order valence-corrected chi connectivity index (χ2v) is 9.40. The molecular formula is C26H29NO5S. The van der Waals surface area contributed by atoms with Crippen LogP contribution < -0.4 is 14.8 Å². The number of carbonyl (C=O) groups is 2. The van der Waals surface area contributed by atoms with E-state index >= 15 is 0 Å². The molecule has 0 bridgehead atoms. The molecule has 7 heteroatoms. The molecule has 2 aromatic carbocycles. The number of para-hydroxylation sites is 1. The molecule has 6 nitrogen and oxygen atoms in total. The summed E-state index contributed by atoms with van der Waals surface area (Å²) in [5.74, 6) is 0.671. The van der Waals surface area contributed by atoms with Crippen LogP contribution in [-0.4, -0.2) is 36.7 Å². The molecule has 1 fully saturated rings. The van der Waals surface area contributed by atoms with Crippen LogP contribution in [-0.2, 0) is 11.2 Å². The maximum atomic E-state index is 13.0. The lowest BCUT2D eigenvalue weighted by Crippen LogP contribution is -2.30. The van der Waals surface area contributed by atoms with E-state index in [4.69, 9.17) is 14.6 Å². The largest absolute Gasteiger partial charge is 0.490 e. The number of carboxylic acids is 1. The predicted octanol–water partition coefficient (Wildman–Crippen LogP) is 5.30. The smallest absolute Gasteiger partial charge is 0.307 e. The summed E-state index contributed by atoms with van der Waals surface area (Å²) < 4.78 is 12.8. The fraction of sp³-hybridized carbons (Fsp3) is 0.385. The van der Waals surface area contributed by atoms with E-state index in [-0.39, 0.29) is 25.5 Å². The summed E-state index contributed by atoms with van der Waals surface area (Å²) in [6.45, 7) is 1.19. The quantitative estimate of drug-likeness (QED) is 0.396. The van der Waals surface area contributed by atoms with Gasteiger partial charge in [-0.1, -0.05) is 49.6 Å². The van der Waals surface area contributed by atoms with Crippen molar-refractivity contribution in [2.24, 2.45) is 5.92 Å². The standard InChI is InChI=1S/C26H29NO5S/c28-23(29)16-19-10-4-6-12-21(19)31-14-15-32-24-20-11-5-7-13-22(20)33-25(24)26(30)27-17-18-8-2-1-3-9-18/h4-7,10-13,18H,1-3,8-9,14-17H2,(H,27,30)(H,28,29). The van der Waals surface area contributed by atoms with Gasteiger partial charge in [0.25, 0.3) is 5.91 Å². The van der Waals surface area contributed by atoms with Gasteiger partial charge in [0.1, 0.15) is 23.8 Å². The molecule has 0 radical (unpaired) electrons. The van der Waals surface area contributed by atoms with Crippen LogP contribution in [0.1, 0.15) is 47.3 Å². The summed E-state index contributed by atoms with van der Waals surface area (Å²) in [7, 11) is 0. The number of aliphatic carboxylic acids is 1. The maximum absolute atomic E-state index is 13.0. The van der Waals surface area contributed by atoms with Gasteiger partial charge in [-0.05, 0) is 37.0 Å². The third-order valence-electron chi connectivity index (χ3n) is 5.93. The van der Waals surface area contributed by atoms with Gasteiger partial charge < -0.3 is 19.9 Å². The zero-order chi connectivity index (χ0) is 23.0. The monoisotopic (exact) mass is 467 g/mol. The molecule has 1 aromatic heterocycles. The summed E-state index contributed by atoms with van der Waals surface area (Å²) in [5, 5.41) is 13.1. The SMILES string of the molecule is O=C(O)Cc1ccccc1OCCOc1c(C(=O)NCC2CCCCC2)sc2ccccc12. The number of fused-ring (bicyclic) bond motifs is 1. The molecule has 1 aliphatic carbocycles. The first-order valence-corrected chi connectivity index (χ1v) is 12.3. The van der Waals surface area contributed by atoms with Crippen LogP contribution in [0.25, 0.3) is 10.1 Å². The lowest BCUT2D eigenvalue weighted by Gasteiger charge is -2.21. The highest BCUT2D eigenvalue weighted by Gasteiger charge is 2.21. The summed E-state index contributed by atoms with van der Waals surface area (Å²) >= 11 is 1.44. The van der Waals surface area contributed by atoms with Gasteiger partial charge in [0.2, 0.25) is 0 Å². The van der Waals surface area contributed by atoms with E-state index < -0.39 is 5.97 Å². The Morgan fingerprint density at radius 2 is 1.70 bits per heavy atom. The van der Waals surface area contributed by atoms with Gasteiger partial charge in [0.05, 0.1) is 6.42 Å². The number of carboxylic acid groups (broad SMARTS) is 1. The van der Waals surface area contributed by atoms with E-state index in [2.05, 4.69) is 5.32 Å². The molecule has 0 unspecified atom stereocenters. The van der Waals surface area contributed by atoms with Gasteiger partial charge >= 0.3 is 5.97 Å². The molecule has 0 spiro atoms. The van der Waals surface area contributed by atoms with E-state index in [1.807, 2.05) is 30.3 Å². The summed E-state index contributed by atoms with van der Waals surface area (Å²) in [6.07, 6.45) is 6.04. The molecule has 1 amide bonds. The molecule has 0 saturated heterocycles. The number of nitrogens with one attached hydrogen (secondary N) is 1. The molecule has 174 valence electrons. The molecule has 1 aliphatic rings. The van der Waals surface area contributed by atoms with Crippen molar-refractivity contribution >= 4 is 33.3 Å². The van der Waals surface area contributed by atoms with Gasteiger partial charge in [-0.2, -0.15) is 0 Å². The lowest BCUT2D eigenvalue weighted by atomic mass is 9.89. The van der Waals surface area contributed by atoms with Crippen molar-refractivity contribution in [3.05, 3.63) is 59.0 Å². The van der Waals surface area contributed by atoms with Crippen molar-refractivity contribution in [3.63, 3.8) is 0 Å². The average molecular weight is 468 g/mol. The van der Waals surface area contributed by atoms with Crippen LogP contribution in [0.15, 0.2) is 48.5 Å². The van der Waals surface area contributed by atoms with Crippen molar-refractivity contribution < 1.29 is 24.2 Å². The Morgan fingerprint density at radius 3 is 2.52 bits per heavy atom. The van der Waals surface area contributed by atoms with Crippen LogP contribution in [0, 0.1) is 5.92 Å². The first-order valence-electron chi connectivity index (χ1n) is 11.5. The first-order chi connectivity index (χ1) is 16.1. The second-order valence-electron chi connectivity index (χ2n) is 8.35. The van der Waals surface area contributed by atoms with Crippen molar-refractivity contribution in [1.29, 1.82) is 0 Å². The van der Waals surface area contributed by atoms with E-state index in [9.17, 15) is 9.59 Å². The number of rotatable bonds is 10. The molecular weight excluding hydrogens is 438 g/mol. The molecule has 0 aliphatic heterocycles. The summed E-state index contributed by atoms with van der Waals surface area (Å²) in [4.78, 5) is 24.7. The molecule has 33 heavy (non-hydrogen) atoms. The highest BCUT2D eigenvalue weighted by molar-refractivity contribution is 7.21. The van der Waals surface area contributed by atoms with Gasteiger partial charge in [-0.15, -0.1) is 11.3 Å². The number of ether oxygens (including phenoxy) is 2. The van der Waals surface area contributed by atoms with Crippen LogP contribution in [0.3, 0.4) is 0 Å². The number of hydrogen-bond donors (Lipinski definition) is 2. The molecule has 2 N–H and O–H groups in total. The predicted molar refractivity (Wildman–Crippen MR) is 130 cm³/mol. The van der Waals surface area contributed by atoms with Crippen LogP contribution >= 0.6 is 11.3 Å². The minimum atomic E-state index is -0.907. The Bertz CT molecular complexity index is 1100. The van der Waals surface area contributed by atoms with Gasteiger partial charge in [0.15, 0.2) is 5.75 Å².